The van der Waals surface area contributed by atoms with Gasteiger partial charge < -0.3 is 5.43 Å². The minimum absolute atomic E-state index is 0.526. The van der Waals surface area contributed by atoms with Gasteiger partial charge in [0.25, 0.3) is 0 Å². The normalized spacial score (nSPS) is 10.8. The van der Waals surface area contributed by atoms with E-state index in [0.29, 0.717) is 5.15 Å². The fourth-order valence-corrected chi connectivity index (χ4v) is 1.38. The van der Waals surface area contributed by atoms with E-state index in [9.17, 15) is 0 Å². The minimum atomic E-state index is 0.526. The molecule has 0 aromatic carbocycles. The van der Waals surface area contributed by atoms with Gasteiger partial charge in [0.1, 0.15) is 16.8 Å². The van der Waals surface area contributed by atoms with Crippen LogP contribution in [0.4, 0.5) is 5.82 Å². The third-order valence-corrected chi connectivity index (χ3v) is 2.30. The lowest BCUT2D eigenvalue weighted by atomic mass is 10.3. The fourth-order valence-electron chi connectivity index (χ4n) is 1.19. The Morgan fingerprint density at radius 1 is 1.33 bits per heavy atom. The molecule has 0 aliphatic heterocycles. The van der Waals surface area contributed by atoms with Crippen LogP contribution in [-0.4, -0.2) is 29.1 Å². The van der Waals surface area contributed by atoms with E-state index in [1.54, 1.807) is 0 Å². The number of halogens is 1. The summed E-state index contributed by atoms with van der Waals surface area (Å²) in [7, 11) is 3.82. The first-order valence-corrected chi connectivity index (χ1v) is 5.39. The summed E-state index contributed by atoms with van der Waals surface area (Å²) in [5.41, 5.74) is 3.99. The van der Waals surface area contributed by atoms with Crippen molar-refractivity contribution in [3.63, 3.8) is 0 Å². The topological polar surface area (TPSA) is 41.1 Å². The van der Waals surface area contributed by atoms with Crippen LogP contribution in [0.5, 0.6) is 0 Å². The first-order valence-electron chi connectivity index (χ1n) is 5.01. The minimum Gasteiger partial charge on any atom is -0.303 e. The predicted octanol–water partition coefficient (Wildman–Crippen LogP) is 2.28. The molecule has 5 heteroatoms. The molecule has 4 nitrogen and oxygen atoms in total. The van der Waals surface area contributed by atoms with Crippen LogP contribution < -0.4 is 5.43 Å². The number of rotatable bonds is 4. The Morgan fingerprint density at radius 3 is 2.53 bits per heavy atom. The van der Waals surface area contributed by atoms with E-state index >= 15 is 0 Å². The average molecular weight is 229 g/mol. The molecule has 0 radical (unpaired) electrons. The first kappa shape index (κ1) is 12.2. The van der Waals surface area contributed by atoms with Crippen LogP contribution in [0.25, 0.3) is 0 Å². The Kier molecular flexibility index (Phi) is 4.29. The van der Waals surface area contributed by atoms with Crippen LogP contribution in [0.15, 0.2) is 0 Å². The lowest BCUT2D eigenvalue weighted by Gasteiger charge is -2.15. The highest BCUT2D eigenvalue weighted by Gasteiger charge is 2.08. The van der Waals surface area contributed by atoms with Crippen LogP contribution in [0.3, 0.4) is 0 Å². The fraction of sp³-hybridized carbons (Fsp3) is 0.600. The summed E-state index contributed by atoms with van der Waals surface area (Å²) in [5, 5.41) is 2.36. The summed E-state index contributed by atoms with van der Waals surface area (Å²) in [4.78, 5) is 8.64. The predicted molar refractivity (Wildman–Crippen MR) is 63.1 cm³/mol. The standard InChI is InChI=1S/C10H17ClN4/c1-5-6-8-12-9(11)7(2)10(13-8)14-15(3)4/h5-6H2,1-4H3,(H,12,13,14). The van der Waals surface area contributed by atoms with Crippen molar-refractivity contribution in [1.82, 2.24) is 15.0 Å². The largest absolute Gasteiger partial charge is 0.303 e. The van der Waals surface area contributed by atoms with Crippen molar-refractivity contribution >= 4 is 17.4 Å². The first-order chi connectivity index (χ1) is 7.04. The second-order valence-electron chi connectivity index (χ2n) is 3.66. The molecular formula is C10H17ClN4. The van der Waals surface area contributed by atoms with E-state index in [1.165, 1.54) is 0 Å². The molecule has 1 rings (SSSR count). The van der Waals surface area contributed by atoms with Gasteiger partial charge in [0.05, 0.1) is 0 Å². The van der Waals surface area contributed by atoms with Crippen LogP contribution in [0.1, 0.15) is 24.7 Å². The number of aryl methyl sites for hydroxylation is 1. The molecule has 15 heavy (non-hydrogen) atoms. The summed E-state index contributed by atoms with van der Waals surface area (Å²) in [6.07, 6.45) is 1.86. The zero-order valence-electron chi connectivity index (χ0n) is 9.63. The van der Waals surface area contributed by atoms with Crippen molar-refractivity contribution in [2.24, 2.45) is 0 Å². The van der Waals surface area contributed by atoms with Crippen LogP contribution in [-0.2, 0) is 6.42 Å². The molecule has 1 aromatic rings. The molecule has 0 amide bonds. The lowest BCUT2D eigenvalue weighted by molar-refractivity contribution is 0.491. The van der Waals surface area contributed by atoms with Crippen molar-refractivity contribution in [2.45, 2.75) is 26.7 Å². The molecule has 0 fully saturated rings. The maximum absolute atomic E-state index is 6.03. The Hall–Kier alpha value is -0.870. The third kappa shape index (κ3) is 3.32. The number of nitrogens with one attached hydrogen (secondary N) is 1. The van der Waals surface area contributed by atoms with Gasteiger partial charge >= 0.3 is 0 Å². The number of hydrogen-bond acceptors (Lipinski definition) is 4. The molecule has 0 aliphatic carbocycles. The van der Waals surface area contributed by atoms with Crippen molar-refractivity contribution in [3.8, 4) is 0 Å². The van der Waals surface area contributed by atoms with Gasteiger partial charge in [-0.25, -0.2) is 15.0 Å². The van der Waals surface area contributed by atoms with Crippen molar-refractivity contribution in [3.05, 3.63) is 16.5 Å². The molecule has 0 aliphatic rings. The SMILES string of the molecule is CCCc1nc(Cl)c(C)c(NN(C)C)n1. The van der Waals surface area contributed by atoms with Gasteiger partial charge in [0.2, 0.25) is 0 Å². The summed E-state index contributed by atoms with van der Waals surface area (Å²) in [5.74, 6) is 1.57. The molecule has 0 saturated heterocycles. The maximum Gasteiger partial charge on any atom is 0.148 e. The van der Waals surface area contributed by atoms with Crippen LogP contribution in [0, 0.1) is 6.92 Å². The highest BCUT2D eigenvalue weighted by Crippen LogP contribution is 2.20. The Labute approximate surface area is 95.6 Å². The summed E-state index contributed by atoms with van der Waals surface area (Å²) < 4.78 is 0. The van der Waals surface area contributed by atoms with Gasteiger partial charge in [-0.05, 0) is 13.3 Å². The molecule has 1 aromatic heterocycles. The molecule has 0 unspecified atom stereocenters. The van der Waals surface area contributed by atoms with Crippen molar-refractivity contribution in [1.29, 1.82) is 0 Å². The van der Waals surface area contributed by atoms with E-state index < -0.39 is 0 Å². The number of anilines is 1. The Morgan fingerprint density at radius 2 is 2.00 bits per heavy atom. The summed E-state index contributed by atoms with van der Waals surface area (Å²) in [6.45, 7) is 4.00. The molecular weight excluding hydrogens is 212 g/mol. The van der Waals surface area contributed by atoms with E-state index in [1.807, 2.05) is 26.0 Å². The van der Waals surface area contributed by atoms with Crippen LogP contribution >= 0.6 is 11.6 Å². The number of aromatic nitrogens is 2. The van der Waals surface area contributed by atoms with Gasteiger partial charge in [-0.2, -0.15) is 0 Å². The van der Waals surface area contributed by atoms with E-state index in [4.69, 9.17) is 11.6 Å². The molecule has 0 atom stereocenters. The molecule has 1 N–H and O–H groups in total. The zero-order valence-corrected chi connectivity index (χ0v) is 10.4. The van der Waals surface area contributed by atoms with Gasteiger partial charge in [-0.1, -0.05) is 18.5 Å². The monoisotopic (exact) mass is 228 g/mol. The average Bonchev–Trinajstić information content (AvgIpc) is 2.13. The Bertz CT molecular complexity index is 338. The summed E-state index contributed by atoms with van der Waals surface area (Å²) >= 11 is 6.03. The van der Waals surface area contributed by atoms with E-state index in [-0.39, 0.29) is 0 Å². The number of hydrogen-bond donors (Lipinski definition) is 1. The van der Waals surface area contributed by atoms with Crippen LogP contribution in [0.2, 0.25) is 5.15 Å². The molecule has 0 saturated carbocycles. The van der Waals surface area contributed by atoms with Gasteiger partial charge in [0.15, 0.2) is 0 Å². The molecule has 84 valence electrons. The molecule has 1 heterocycles. The van der Waals surface area contributed by atoms with E-state index in [2.05, 4.69) is 22.3 Å². The number of nitrogens with zero attached hydrogens (tertiary/aromatic N) is 3. The highest BCUT2D eigenvalue weighted by atomic mass is 35.5. The van der Waals surface area contributed by atoms with Crippen molar-refractivity contribution in [2.75, 3.05) is 19.5 Å². The second kappa shape index (κ2) is 5.28. The number of hydrazine groups is 1. The lowest BCUT2D eigenvalue weighted by Crippen LogP contribution is -2.22. The second-order valence-corrected chi connectivity index (χ2v) is 4.02. The van der Waals surface area contributed by atoms with Crippen molar-refractivity contribution < 1.29 is 0 Å². The molecule has 0 bridgehead atoms. The van der Waals surface area contributed by atoms with Gasteiger partial charge in [-0.15, -0.1) is 0 Å². The smallest absolute Gasteiger partial charge is 0.148 e. The highest BCUT2D eigenvalue weighted by molar-refractivity contribution is 6.30. The summed E-state index contributed by atoms with van der Waals surface area (Å²) in [6, 6.07) is 0. The van der Waals surface area contributed by atoms with Gasteiger partial charge in [0, 0.05) is 26.1 Å². The maximum atomic E-state index is 6.03. The molecule has 0 spiro atoms. The zero-order chi connectivity index (χ0) is 11.4. The Balaban J connectivity index is 3.01. The van der Waals surface area contributed by atoms with E-state index in [0.717, 1.165) is 30.0 Å². The quantitative estimate of drug-likeness (QED) is 0.634. The third-order valence-electron chi connectivity index (χ3n) is 1.94. The van der Waals surface area contributed by atoms with Gasteiger partial charge in [-0.3, -0.25) is 0 Å².